The zero-order valence-corrected chi connectivity index (χ0v) is 9.18. The van der Waals surface area contributed by atoms with Gasteiger partial charge in [-0.25, -0.2) is 0 Å². The summed E-state index contributed by atoms with van der Waals surface area (Å²) in [5.41, 5.74) is 0. The molecule has 78 valence electrons. The highest BCUT2D eigenvalue weighted by Gasteiger charge is 2.18. The SMILES string of the molecule is CCNCCCN(C)CC1CCC1. The summed E-state index contributed by atoms with van der Waals surface area (Å²) in [7, 11) is 2.25. The van der Waals surface area contributed by atoms with Crippen LogP contribution in [0.25, 0.3) is 0 Å². The molecular weight excluding hydrogens is 160 g/mol. The van der Waals surface area contributed by atoms with Gasteiger partial charge in [-0.2, -0.15) is 0 Å². The first-order chi connectivity index (χ1) is 6.33. The van der Waals surface area contributed by atoms with E-state index < -0.39 is 0 Å². The Morgan fingerprint density at radius 3 is 2.69 bits per heavy atom. The van der Waals surface area contributed by atoms with Gasteiger partial charge in [0, 0.05) is 6.54 Å². The van der Waals surface area contributed by atoms with Gasteiger partial charge in [0.25, 0.3) is 0 Å². The number of nitrogens with zero attached hydrogens (tertiary/aromatic N) is 1. The van der Waals surface area contributed by atoms with E-state index in [0.717, 1.165) is 12.5 Å². The topological polar surface area (TPSA) is 15.3 Å². The van der Waals surface area contributed by atoms with Crippen molar-refractivity contribution in [3.05, 3.63) is 0 Å². The second-order valence-corrected chi connectivity index (χ2v) is 4.27. The monoisotopic (exact) mass is 184 g/mol. The first kappa shape index (κ1) is 11.0. The molecule has 2 nitrogen and oxygen atoms in total. The van der Waals surface area contributed by atoms with Crippen molar-refractivity contribution in [2.75, 3.05) is 33.2 Å². The van der Waals surface area contributed by atoms with Gasteiger partial charge in [0.05, 0.1) is 0 Å². The molecular formula is C11H24N2. The Hall–Kier alpha value is -0.0800. The van der Waals surface area contributed by atoms with E-state index in [1.807, 2.05) is 0 Å². The van der Waals surface area contributed by atoms with Crippen molar-refractivity contribution < 1.29 is 0 Å². The Labute approximate surface area is 82.7 Å². The molecule has 0 aromatic heterocycles. The molecule has 0 amide bonds. The fourth-order valence-corrected chi connectivity index (χ4v) is 1.86. The van der Waals surface area contributed by atoms with Gasteiger partial charge in [0.1, 0.15) is 0 Å². The smallest absolute Gasteiger partial charge is 0.000661 e. The summed E-state index contributed by atoms with van der Waals surface area (Å²) in [6.07, 6.45) is 5.70. The third-order valence-electron chi connectivity index (χ3n) is 2.94. The summed E-state index contributed by atoms with van der Waals surface area (Å²) < 4.78 is 0. The number of rotatable bonds is 7. The van der Waals surface area contributed by atoms with Gasteiger partial charge >= 0.3 is 0 Å². The molecule has 13 heavy (non-hydrogen) atoms. The van der Waals surface area contributed by atoms with Crippen LogP contribution in [0.4, 0.5) is 0 Å². The predicted molar refractivity (Wildman–Crippen MR) is 58.0 cm³/mol. The van der Waals surface area contributed by atoms with Gasteiger partial charge < -0.3 is 10.2 Å². The van der Waals surface area contributed by atoms with Gasteiger partial charge in [-0.3, -0.25) is 0 Å². The van der Waals surface area contributed by atoms with Crippen LogP contribution in [0.5, 0.6) is 0 Å². The zero-order chi connectivity index (χ0) is 9.52. The molecule has 0 saturated heterocycles. The van der Waals surface area contributed by atoms with Crippen LogP contribution >= 0.6 is 0 Å². The molecule has 1 fully saturated rings. The molecule has 1 aliphatic carbocycles. The Morgan fingerprint density at radius 2 is 2.15 bits per heavy atom. The van der Waals surface area contributed by atoms with Crippen molar-refractivity contribution in [1.82, 2.24) is 10.2 Å². The average molecular weight is 184 g/mol. The van der Waals surface area contributed by atoms with E-state index in [1.165, 1.54) is 45.3 Å². The lowest BCUT2D eigenvalue weighted by Gasteiger charge is -2.30. The van der Waals surface area contributed by atoms with Crippen molar-refractivity contribution in [2.45, 2.75) is 32.6 Å². The molecule has 1 aliphatic rings. The molecule has 0 atom stereocenters. The minimum Gasteiger partial charge on any atom is -0.317 e. The molecule has 0 aliphatic heterocycles. The summed E-state index contributed by atoms with van der Waals surface area (Å²) in [4.78, 5) is 2.49. The van der Waals surface area contributed by atoms with E-state index in [1.54, 1.807) is 0 Å². The highest BCUT2D eigenvalue weighted by Crippen LogP contribution is 2.26. The molecule has 1 N–H and O–H groups in total. The number of hydrogen-bond acceptors (Lipinski definition) is 2. The minimum absolute atomic E-state index is 1.02. The molecule has 1 saturated carbocycles. The third-order valence-corrected chi connectivity index (χ3v) is 2.94. The van der Waals surface area contributed by atoms with Crippen molar-refractivity contribution in [3.8, 4) is 0 Å². The average Bonchev–Trinajstić information content (AvgIpc) is 2.06. The van der Waals surface area contributed by atoms with Crippen LogP contribution in [0.3, 0.4) is 0 Å². The fraction of sp³-hybridized carbons (Fsp3) is 1.00. The third kappa shape index (κ3) is 4.63. The van der Waals surface area contributed by atoms with E-state index in [4.69, 9.17) is 0 Å². The summed E-state index contributed by atoms with van der Waals surface area (Å²) in [5.74, 6) is 1.02. The van der Waals surface area contributed by atoms with Crippen LogP contribution in [0.15, 0.2) is 0 Å². The van der Waals surface area contributed by atoms with E-state index in [2.05, 4.69) is 24.2 Å². The molecule has 1 rings (SSSR count). The standard InChI is InChI=1S/C11H24N2/c1-3-12-8-5-9-13(2)10-11-6-4-7-11/h11-12H,3-10H2,1-2H3. The molecule has 0 radical (unpaired) electrons. The van der Waals surface area contributed by atoms with Gasteiger partial charge in [0.2, 0.25) is 0 Å². The normalized spacial score (nSPS) is 17.8. The van der Waals surface area contributed by atoms with Crippen molar-refractivity contribution >= 4 is 0 Å². The van der Waals surface area contributed by atoms with Crippen molar-refractivity contribution in [2.24, 2.45) is 5.92 Å². The number of nitrogens with one attached hydrogen (secondary N) is 1. The lowest BCUT2D eigenvalue weighted by atomic mass is 9.85. The summed E-state index contributed by atoms with van der Waals surface area (Å²) in [6, 6.07) is 0. The van der Waals surface area contributed by atoms with Crippen LogP contribution in [0.1, 0.15) is 32.6 Å². The maximum Gasteiger partial charge on any atom is 0.000661 e. The largest absolute Gasteiger partial charge is 0.317 e. The van der Waals surface area contributed by atoms with Crippen LogP contribution in [0, 0.1) is 5.92 Å². The molecule has 0 aromatic rings. The van der Waals surface area contributed by atoms with Crippen LogP contribution in [0.2, 0.25) is 0 Å². The minimum atomic E-state index is 1.02. The fourth-order valence-electron chi connectivity index (χ4n) is 1.86. The lowest BCUT2D eigenvalue weighted by Crippen LogP contribution is -2.31. The maximum atomic E-state index is 3.36. The summed E-state index contributed by atoms with van der Waals surface area (Å²) in [5, 5.41) is 3.36. The Kier molecular flexibility index (Phi) is 5.40. The number of hydrogen-bond donors (Lipinski definition) is 1. The van der Waals surface area contributed by atoms with Crippen LogP contribution in [-0.4, -0.2) is 38.1 Å². The van der Waals surface area contributed by atoms with Gasteiger partial charge in [-0.15, -0.1) is 0 Å². The molecule has 0 aromatic carbocycles. The molecule has 0 heterocycles. The second-order valence-electron chi connectivity index (χ2n) is 4.27. The lowest BCUT2D eigenvalue weighted by molar-refractivity contribution is 0.204. The Balaban J connectivity index is 1.87. The van der Waals surface area contributed by atoms with Gasteiger partial charge in [-0.1, -0.05) is 13.3 Å². The first-order valence-corrected chi connectivity index (χ1v) is 5.72. The van der Waals surface area contributed by atoms with Crippen molar-refractivity contribution in [3.63, 3.8) is 0 Å². The van der Waals surface area contributed by atoms with E-state index in [0.29, 0.717) is 0 Å². The van der Waals surface area contributed by atoms with Crippen LogP contribution < -0.4 is 5.32 Å². The molecule has 0 unspecified atom stereocenters. The molecule has 2 heteroatoms. The highest BCUT2D eigenvalue weighted by molar-refractivity contribution is 4.72. The van der Waals surface area contributed by atoms with Crippen molar-refractivity contribution in [1.29, 1.82) is 0 Å². The van der Waals surface area contributed by atoms with Gasteiger partial charge in [-0.05, 0) is 51.9 Å². The Morgan fingerprint density at radius 1 is 1.38 bits per heavy atom. The summed E-state index contributed by atoms with van der Waals surface area (Å²) >= 11 is 0. The maximum absolute atomic E-state index is 3.36. The second kappa shape index (κ2) is 6.39. The Bertz CT molecular complexity index is 121. The molecule has 0 spiro atoms. The zero-order valence-electron chi connectivity index (χ0n) is 9.18. The highest BCUT2D eigenvalue weighted by atomic mass is 15.1. The van der Waals surface area contributed by atoms with E-state index in [-0.39, 0.29) is 0 Å². The first-order valence-electron chi connectivity index (χ1n) is 5.72. The van der Waals surface area contributed by atoms with Crippen LogP contribution in [-0.2, 0) is 0 Å². The quantitative estimate of drug-likeness (QED) is 0.606. The summed E-state index contributed by atoms with van der Waals surface area (Å²) in [6.45, 7) is 7.02. The van der Waals surface area contributed by atoms with E-state index >= 15 is 0 Å². The van der Waals surface area contributed by atoms with E-state index in [9.17, 15) is 0 Å². The molecule has 0 bridgehead atoms. The predicted octanol–water partition coefficient (Wildman–Crippen LogP) is 1.72. The van der Waals surface area contributed by atoms with Gasteiger partial charge in [0.15, 0.2) is 0 Å².